The van der Waals surface area contributed by atoms with Crippen molar-refractivity contribution in [1.82, 2.24) is 10.6 Å². The molecule has 1 saturated carbocycles. The van der Waals surface area contributed by atoms with Crippen molar-refractivity contribution in [2.45, 2.75) is 49.5 Å². The predicted molar refractivity (Wildman–Crippen MR) is 125 cm³/mol. The van der Waals surface area contributed by atoms with Gasteiger partial charge in [-0.3, -0.25) is 9.59 Å². The van der Waals surface area contributed by atoms with Crippen LogP contribution < -0.4 is 10.6 Å². The van der Waals surface area contributed by atoms with Crippen molar-refractivity contribution in [3.05, 3.63) is 59.7 Å². The van der Waals surface area contributed by atoms with Gasteiger partial charge in [0.2, 0.25) is 5.91 Å². The van der Waals surface area contributed by atoms with Crippen LogP contribution in [0, 0.1) is 0 Å². The number of carbonyl (C=O) groups excluding carboxylic acids is 2. The Morgan fingerprint density at radius 2 is 1.66 bits per heavy atom. The Labute approximate surface area is 202 Å². The fourth-order valence-corrected chi connectivity index (χ4v) is 5.38. The van der Waals surface area contributed by atoms with Crippen LogP contribution in [0.3, 0.4) is 0 Å². The normalized spacial score (nSPS) is 20.7. The second-order valence-corrected chi connectivity index (χ2v) is 9.08. The van der Waals surface area contributed by atoms with Gasteiger partial charge in [-0.15, -0.1) is 0 Å². The van der Waals surface area contributed by atoms with Crippen molar-refractivity contribution in [2.24, 2.45) is 0 Å². The van der Waals surface area contributed by atoms with Gasteiger partial charge in [0, 0.05) is 12.3 Å². The number of carbonyl (C=O) groups is 3. The summed E-state index contributed by atoms with van der Waals surface area (Å²) in [4.78, 5) is 37.0. The van der Waals surface area contributed by atoms with E-state index in [4.69, 9.17) is 14.2 Å². The number of ether oxygens (including phenoxy) is 3. The first-order valence-corrected chi connectivity index (χ1v) is 11.9. The molecule has 184 valence electrons. The van der Waals surface area contributed by atoms with Crippen molar-refractivity contribution >= 4 is 18.0 Å². The highest BCUT2D eigenvalue weighted by atomic mass is 16.7. The maximum atomic E-state index is 12.9. The Morgan fingerprint density at radius 3 is 2.29 bits per heavy atom. The number of nitrogens with one attached hydrogen (secondary N) is 2. The lowest BCUT2D eigenvalue weighted by Crippen LogP contribution is -2.56. The van der Waals surface area contributed by atoms with Crippen molar-refractivity contribution < 1.29 is 33.7 Å². The van der Waals surface area contributed by atoms with E-state index in [0.29, 0.717) is 26.1 Å². The molecule has 2 atom stereocenters. The number of hydrogen-bond acceptors (Lipinski definition) is 6. The lowest BCUT2D eigenvalue weighted by atomic mass is 9.98. The summed E-state index contributed by atoms with van der Waals surface area (Å²) in [5.41, 5.74) is 4.32. The highest BCUT2D eigenvalue weighted by Gasteiger charge is 2.49. The second kappa shape index (κ2) is 9.67. The molecule has 9 nitrogen and oxygen atoms in total. The molecule has 9 heteroatoms. The molecule has 2 fully saturated rings. The van der Waals surface area contributed by atoms with Crippen molar-refractivity contribution in [1.29, 1.82) is 0 Å². The van der Waals surface area contributed by atoms with E-state index in [1.165, 1.54) is 0 Å². The van der Waals surface area contributed by atoms with Crippen LogP contribution in [-0.4, -0.2) is 60.8 Å². The number of carboxylic acid groups (broad SMARTS) is 1. The summed E-state index contributed by atoms with van der Waals surface area (Å²) >= 11 is 0. The minimum absolute atomic E-state index is 0.0642. The summed E-state index contributed by atoms with van der Waals surface area (Å²) in [6.45, 7) is 0.959. The molecule has 2 aromatic rings. The molecule has 1 saturated heterocycles. The van der Waals surface area contributed by atoms with Gasteiger partial charge in [-0.2, -0.15) is 0 Å². The van der Waals surface area contributed by atoms with Crippen LogP contribution in [-0.2, 0) is 23.8 Å². The molecule has 1 spiro atoms. The minimum atomic E-state index is -1.29. The van der Waals surface area contributed by atoms with Crippen LogP contribution in [0.5, 0.6) is 0 Å². The number of hydrogen-bond donors (Lipinski definition) is 3. The maximum Gasteiger partial charge on any atom is 0.407 e. The molecule has 0 radical (unpaired) electrons. The Hall–Kier alpha value is -3.43. The number of aliphatic carboxylic acids is 1. The first-order valence-electron chi connectivity index (χ1n) is 11.9. The quantitative estimate of drug-likeness (QED) is 0.557. The topological polar surface area (TPSA) is 123 Å². The van der Waals surface area contributed by atoms with E-state index >= 15 is 0 Å². The zero-order chi connectivity index (χ0) is 24.4. The van der Waals surface area contributed by atoms with E-state index in [1.807, 2.05) is 48.5 Å². The summed E-state index contributed by atoms with van der Waals surface area (Å²) in [5, 5.41) is 14.6. The highest BCUT2D eigenvalue weighted by Crippen LogP contribution is 2.44. The summed E-state index contributed by atoms with van der Waals surface area (Å²) in [7, 11) is 0. The molecule has 3 N–H and O–H groups in total. The molecule has 2 amide bonds. The van der Waals surface area contributed by atoms with E-state index < -0.39 is 42.3 Å². The van der Waals surface area contributed by atoms with Gasteiger partial charge in [-0.05, 0) is 35.1 Å². The SMILES string of the molecule is O=C(O)CC(NC(=O)OCC1c2ccccc2-c2ccccc21)C(=O)NC1CCCC12OCCO2. The van der Waals surface area contributed by atoms with E-state index in [-0.39, 0.29) is 12.5 Å². The number of carboxylic acids is 1. The van der Waals surface area contributed by atoms with Crippen LogP contribution >= 0.6 is 0 Å². The molecule has 2 aromatic carbocycles. The van der Waals surface area contributed by atoms with Gasteiger partial charge in [-0.1, -0.05) is 48.5 Å². The first kappa shape index (κ1) is 23.3. The Bertz CT molecular complexity index is 1080. The monoisotopic (exact) mass is 480 g/mol. The largest absolute Gasteiger partial charge is 0.481 e. The smallest absolute Gasteiger partial charge is 0.407 e. The third-order valence-corrected chi connectivity index (χ3v) is 6.97. The third kappa shape index (κ3) is 4.61. The van der Waals surface area contributed by atoms with Crippen LogP contribution in [0.25, 0.3) is 11.1 Å². The van der Waals surface area contributed by atoms with Crippen LogP contribution in [0.4, 0.5) is 4.79 Å². The van der Waals surface area contributed by atoms with Gasteiger partial charge < -0.3 is 30.0 Å². The van der Waals surface area contributed by atoms with Crippen LogP contribution in [0.1, 0.15) is 42.7 Å². The Balaban J connectivity index is 1.23. The van der Waals surface area contributed by atoms with Gasteiger partial charge in [0.1, 0.15) is 12.6 Å². The summed E-state index contributed by atoms with van der Waals surface area (Å²) in [5.74, 6) is -2.83. The van der Waals surface area contributed by atoms with Gasteiger partial charge in [-0.25, -0.2) is 4.79 Å². The average molecular weight is 481 g/mol. The molecule has 1 heterocycles. The molecule has 2 unspecified atom stereocenters. The molecular formula is C26H28N2O7. The van der Waals surface area contributed by atoms with Crippen molar-refractivity contribution in [3.8, 4) is 11.1 Å². The van der Waals surface area contributed by atoms with E-state index in [9.17, 15) is 19.5 Å². The van der Waals surface area contributed by atoms with Gasteiger partial charge in [0.25, 0.3) is 0 Å². The van der Waals surface area contributed by atoms with Crippen molar-refractivity contribution in [3.63, 3.8) is 0 Å². The highest BCUT2D eigenvalue weighted by molar-refractivity contribution is 5.89. The molecule has 3 aliphatic rings. The minimum Gasteiger partial charge on any atom is -0.481 e. The van der Waals surface area contributed by atoms with Gasteiger partial charge >= 0.3 is 12.1 Å². The van der Waals surface area contributed by atoms with Crippen LogP contribution in [0.15, 0.2) is 48.5 Å². The van der Waals surface area contributed by atoms with Crippen molar-refractivity contribution in [2.75, 3.05) is 19.8 Å². The summed E-state index contributed by atoms with van der Waals surface area (Å²) < 4.78 is 17.0. The lowest BCUT2D eigenvalue weighted by molar-refractivity contribution is -0.170. The standard InChI is InChI=1S/C26H28N2O7/c29-23(30)14-21(24(31)28-22-10-5-11-26(22)34-12-13-35-26)27-25(32)33-15-20-18-8-3-1-6-16(18)17-7-2-4-9-19(17)20/h1-4,6-9,20-22H,5,10-15H2,(H,27,32)(H,28,31)(H,29,30). The van der Waals surface area contributed by atoms with E-state index in [0.717, 1.165) is 28.7 Å². The average Bonchev–Trinajstić information content (AvgIpc) is 3.56. The molecular weight excluding hydrogens is 452 g/mol. The third-order valence-electron chi connectivity index (χ3n) is 6.97. The molecule has 35 heavy (non-hydrogen) atoms. The number of amides is 2. The molecule has 0 bridgehead atoms. The van der Waals surface area contributed by atoms with E-state index in [1.54, 1.807) is 0 Å². The molecule has 5 rings (SSSR count). The van der Waals surface area contributed by atoms with E-state index in [2.05, 4.69) is 10.6 Å². The first-order chi connectivity index (χ1) is 17.0. The molecule has 0 aromatic heterocycles. The predicted octanol–water partition coefficient (Wildman–Crippen LogP) is 2.78. The van der Waals surface area contributed by atoms with Gasteiger partial charge in [0.05, 0.1) is 25.7 Å². The number of fused-ring (bicyclic) bond motifs is 3. The second-order valence-electron chi connectivity index (χ2n) is 9.08. The number of alkyl carbamates (subject to hydrolysis) is 1. The maximum absolute atomic E-state index is 12.9. The number of rotatable bonds is 7. The van der Waals surface area contributed by atoms with Gasteiger partial charge in [0.15, 0.2) is 5.79 Å². The fourth-order valence-electron chi connectivity index (χ4n) is 5.38. The zero-order valence-corrected chi connectivity index (χ0v) is 19.2. The summed E-state index contributed by atoms with van der Waals surface area (Å²) in [6.07, 6.45) is 0.701. The Morgan fingerprint density at radius 1 is 1.03 bits per heavy atom. The zero-order valence-electron chi connectivity index (χ0n) is 19.2. The molecule has 1 aliphatic heterocycles. The lowest BCUT2D eigenvalue weighted by Gasteiger charge is -2.31. The Kier molecular flexibility index (Phi) is 6.44. The fraction of sp³-hybridized carbons (Fsp3) is 0.423. The van der Waals surface area contributed by atoms with Crippen LogP contribution in [0.2, 0.25) is 0 Å². The molecule has 2 aliphatic carbocycles. The number of benzene rings is 2. The summed E-state index contributed by atoms with van der Waals surface area (Å²) in [6, 6.07) is 14.2.